The molecular formula is C77H132O6. The van der Waals surface area contributed by atoms with Crippen LogP contribution in [-0.2, 0) is 28.6 Å². The molecule has 0 aromatic heterocycles. The standard InChI is InChI=1S/C77H132O6/c1-4-7-10-13-16-19-22-25-28-31-33-35-36-37-38-39-40-42-43-46-49-52-55-58-61-64-67-70-76(79)82-73-74(72-81-75(78)69-66-63-60-57-54-51-48-45-30-27-24-21-18-15-12-9-6-3)83-77(80)71-68-65-62-59-56-53-50-47-44-41-34-32-29-26-23-20-17-14-11-8-5-2/h8-9,11-12,17-18,20-21,26-27,29-31,33-34,41,48,51,74H,4-7,10,13-16,19,22-25,28,32,35-40,42-47,49-50,52-73H2,1-3H3/b11-8-,12-9-,20-17-,21-18-,29-26-,30-27-,33-31-,41-34-,51-48-. The molecule has 6 heteroatoms. The third-order valence-corrected chi connectivity index (χ3v) is 15.2. The number of ether oxygens (including phenoxy) is 3. The molecule has 0 aromatic rings. The van der Waals surface area contributed by atoms with Gasteiger partial charge in [-0.2, -0.15) is 0 Å². The molecule has 476 valence electrons. The molecule has 0 saturated carbocycles. The number of hydrogen-bond acceptors (Lipinski definition) is 6. The van der Waals surface area contributed by atoms with Crippen LogP contribution in [0.4, 0.5) is 0 Å². The summed E-state index contributed by atoms with van der Waals surface area (Å²) < 4.78 is 17.0. The molecule has 1 atom stereocenters. The first-order valence-corrected chi connectivity index (χ1v) is 35.4. The zero-order valence-electron chi connectivity index (χ0n) is 54.7. The van der Waals surface area contributed by atoms with Gasteiger partial charge in [0.2, 0.25) is 0 Å². The Balaban J connectivity index is 4.35. The minimum absolute atomic E-state index is 0.0885. The van der Waals surface area contributed by atoms with Crippen molar-refractivity contribution in [1.82, 2.24) is 0 Å². The lowest BCUT2D eigenvalue weighted by molar-refractivity contribution is -0.167. The highest BCUT2D eigenvalue weighted by molar-refractivity contribution is 5.71. The summed E-state index contributed by atoms with van der Waals surface area (Å²) in [5.41, 5.74) is 0. The van der Waals surface area contributed by atoms with Crippen molar-refractivity contribution in [2.24, 2.45) is 0 Å². The number of carbonyl (C=O) groups is 3. The van der Waals surface area contributed by atoms with Crippen LogP contribution < -0.4 is 0 Å². The third-order valence-electron chi connectivity index (χ3n) is 15.2. The Labute approximate surface area is 514 Å². The molecule has 1 unspecified atom stereocenters. The van der Waals surface area contributed by atoms with E-state index in [1.165, 1.54) is 173 Å². The summed E-state index contributed by atoms with van der Waals surface area (Å²) in [6.07, 6.45) is 96.9. The average molecular weight is 1150 g/mol. The summed E-state index contributed by atoms with van der Waals surface area (Å²) in [5.74, 6) is -0.908. The van der Waals surface area contributed by atoms with Gasteiger partial charge in [0.15, 0.2) is 6.10 Å². The first-order valence-electron chi connectivity index (χ1n) is 35.4. The zero-order valence-corrected chi connectivity index (χ0v) is 54.7. The van der Waals surface area contributed by atoms with E-state index in [0.29, 0.717) is 19.3 Å². The molecule has 0 rings (SSSR count). The molecular weight excluding hydrogens is 1020 g/mol. The lowest BCUT2D eigenvalue weighted by Crippen LogP contribution is -2.30. The van der Waals surface area contributed by atoms with Crippen LogP contribution in [0.2, 0.25) is 0 Å². The van der Waals surface area contributed by atoms with Gasteiger partial charge in [0, 0.05) is 19.3 Å². The number of rotatable bonds is 64. The molecule has 0 heterocycles. The van der Waals surface area contributed by atoms with Crippen LogP contribution in [0.1, 0.15) is 342 Å². The third kappa shape index (κ3) is 68.7. The highest BCUT2D eigenvalue weighted by Gasteiger charge is 2.19. The molecule has 0 N–H and O–H groups in total. The Morgan fingerprint density at radius 3 is 0.747 bits per heavy atom. The van der Waals surface area contributed by atoms with Gasteiger partial charge in [-0.25, -0.2) is 0 Å². The molecule has 0 amide bonds. The molecule has 0 aliphatic carbocycles. The molecule has 0 spiro atoms. The number of hydrogen-bond donors (Lipinski definition) is 0. The van der Waals surface area contributed by atoms with Crippen LogP contribution in [0.3, 0.4) is 0 Å². The maximum Gasteiger partial charge on any atom is 0.306 e. The summed E-state index contributed by atoms with van der Waals surface area (Å²) in [6, 6.07) is 0. The van der Waals surface area contributed by atoms with Crippen LogP contribution in [0.25, 0.3) is 0 Å². The second-order valence-corrected chi connectivity index (χ2v) is 23.4. The molecule has 0 aliphatic rings. The van der Waals surface area contributed by atoms with Gasteiger partial charge in [0.1, 0.15) is 13.2 Å². The smallest absolute Gasteiger partial charge is 0.306 e. The first kappa shape index (κ1) is 79.1. The lowest BCUT2D eigenvalue weighted by atomic mass is 10.0. The maximum absolute atomic E-state index is 13.0. The van der Waals surface area contributed by atoms with Crippen molar-refractivity contribution >= 4 is 17.9 Å². The molecule has 83 heavy (non-hydrogen) atoms. The van der Waals surface area contributed by atoms with Crippen LogP contribution in [0.5, 0.6) is 0 Å². The Morgan fingerprint density at radius 2 is 0.470 bits per heavy atom. The highest BCUT2D eigenvalue weighted by Crippen LogP contribution is 2.17. The number of allylic oxidation sites excluding steroid dienone is 18. The Bertz CT molecular complexity index is 1660. The molecule has 0 saturated heterocycles. The van der Waals surface area contributed by atoms with Gasteiger partial charge < -0.3 is 14.2 Å². The van der Waals surface area contributed by atoms with Gasteiger partial charge in [-0.1, -0.05) is 310 Å². The fourth-order valence-electron chi connectivity index (χ4n) is 10.0. The van der Waals surface area contributed by atoms with Gasteiger partial charge >= 0.3 is 17.9 Å². The number of esters is 3. The Kier molecular flexibility index (Phi) is 67.2. The van der Waals surface area contributed by atoms with Crippen molar-refractivity contribution in [2.75, 3.05) is 13.2 Å². The lowest BCUT2D eigenvalue weighted by Gasteiger charge is -2.18. The highest BCUT2D eigenvalue weighted by atomic mass is 16.6. The molecule has 0 aromatic carbocycles. The van der Waals surface area contributed by atoms with E-state index in [1.807, 2.05) is 0 Å². The van der Waals surface area contributed by atoms with E-state index in [2.05, 4.69) is 130 Å². The summed E-state index contributed by atoms with van der Waals surface area (Å²) in [6.45, 7) is 6.43. The van der Waals surface area contributed by atoms with E-state index < -0.39 is 6.10 Å². The molecule has 0 fully saturated rings. The van der Waals surface area contributed by atoms with E-state index >= 15 is 0 Å². The van der Waals surface area contributed by atoms with Crippen molar-refractivity contribution < 1.29 is 28.6 Å². The average Bonchev–Trinajstić information content (AvgIpc) is 3.50. The Hall–Kier alpha value is -3.93. The first-order chi connectivity index (χ1) is 41.0. The van der Waals surface area contributed by atoms with E-state index in [0.717, 1.165) is 128 Å². The van der Waals surface area contributed by atoms with Gasteiger partial charge in [-0.05, 0) is 122 Å². The summed E-state index contributed by atoms with van der Waals surface area (Å²) in [7, 11) is 0. The topological polar surface area (TPSA) is 78.9 Å². The van der Waals surface area contributed by atoms with Crippen molar-refractivity contribution in [3.63, 3.8) is 0 Å². The SMILES string of the molecule is CC/C=C\C/C=C\C/C=C\C/C=C\CCCCCCCCCCC(=O)OC(COC(=O)CCCCCC/C=C\C/C=C\C/C=C\C/C=C\CC)COC(=O)CCCCCCCCCCCCCCCCC/C=C\CCCCCCCCCC. The number of unbranched alkanes of at least 4 members (excludes halogenated alkanes) is 35. The second kappa shape index (κ2) is 70.6. The summed E-state index contributed by atoms with van der Waals surface area (Å²) >= 11 is 0. The van der Waals surface area contributed by atoms with E-state index in [-0.39, 0.29) is 31.1 Å². The van der Waals surface area contributed by atoms with Gasteiger partial charge in [0.25, 0.3) is 0 Å². The summed E-state index contributed by atoms with van der Waals surface area (Å²) in [5, 5.41) is 0. The predicted molar refractivity (Wildman–Crippen MR) is 362 cm³/mol. The monoisotopic (exact) mass is 1150 g/mol. The van der Waals surface area contributed by atoms with Gasteiger partial charge in [0.05, 0.1) is 0 Å². The molecule has 0 radical (unpaired) electrons. The van der Waals surface area contributed by atoms with E-state index in [1.54, 1.807) is 0 Å². The van der Waals surface area contributed by atoms with Gasteiger partial charge in [-0.15, -0.1) is 0 Å². The van der Waals surface area contributed by atoms with Gasteiger partial charge in [-0.3, -0.25) is 14.4 Å². The minimum Gasteiger partial charge on any atom is -0.462 e. The summed E-state index contributed by atoms with van der Waals surface area (Å²) in [4.78, 5) is 38.5. The maximum atomic E-state index is 13.0. The van der Waals surface area contributed by atoms with Crippen LogP contribution >= 0.6 is 0 Å². The zero-order chi connectivity index (χ0) is 59.9. The van der Waals surface area contributed by atoms with Crippen molar-refractivity contribution in [1.29, 1.82) is 0 Å². The Morgan fingerprint density at radius 1 is 0.253 bits per heavy atom. The predicted octanol–water partition coefficient (Wildman–Crippen LogP) is 24.6. The fraction of sp³-hybridized carbons (Fsp3) is 0.727. The molecule has 0 bridgehead atoms. The van der Waals surface area contributed by atoms with Crippen molar-refractivity contribution in [3.8, 4) is 0 Å². The van der Waals surface area contributed by atoms with Crippen LogP contribution in [0.15, 0.2) is 109 Å². The molecule has 0 aliphatic heterocycles. The van der Waals surface area contributed by atoms with E-state index in [4.69, 9.17) is 14.2 Å². The largest absolute Gasteiger partial charge is 0.462 e. The van der Waals surface area contributed by atoms with Crippen LogP contribution in [-0.4, -0.2) is 37.2 Å². The second-order valence-electron chi connectivity index (χ2n) is 23.4. The quantitative estimate of drug-likeness (QED) is 0.0261. The van der Waals surface area contributed by atoms with Crippen molar-refractivity contribution in [2.45, 2.75) is 348 Å². The normalized spacial score (nSPS) is 12.8. The number of carbonyl (C=O) groups excluding carboxylic acids is 3. The molecule has 6 nitrogen and oxygen atoms in total. The fourth-order valence-corrected chi connectivity index (χ4v) is 10.0. The van der Waals surface area contributed by atoms with Crippen LogP contribution in [0, 0.1) is 0 Å². The minimum atomic E-state index is -0.796. The van der Waals surface area contributed by atoms with Crippen molar-refractivity contribution in [3.05, 3.63) is 109 Å². The van der Waals surface area contributed by atoms with E-state index in [9.17, 15) is 14.4 Å².